The second kappa shape index (κ2) is 7.43. The molecule has 0 N–H and O–H groups in total. The maximum Gasteiger partial charge on any atom is 0.226 e. The molecule has 110 valence electrons. The molecule has 1 amide bonds. The third-order valence-electron chi connectivity index (χ3n) is 3.26. The summed E-state index contributed by atoms with van der Waals surface area (Å²) in [6, 6.07) is 9.06. The van der Waals surface area contributed by atoms with Gasteiger partial charge in [0.15, 0.2) is 0 Å². The highest BCUT2D eigenvalue weighted by Crippen LogP contribution is 2.21. The first-order valence-electron chi connectivity index (χ1n) is 6.63. The largest absolute Gasteiger partial charge is 0.345 e. The van der Waals surface area contributed by atoms with Crippen molar-refractivity contribution in [1.29, 1.82) is 0 Å². The Morgan fingerprint density at radius 2 is 1.90 bits per heavy atom. The summed E-state index contributed by atoms with van der Waals surface area (Å²) in [5.74, 6) is 0.0215. The van der Waals surface area contributed by atoms with Crippen LogP contribution in [0.4, 0.5) is 0 Å². The topological polar surface area (TPSA) is 33.2 Å². The summed E-state index contributed by atoms with van der Waals surface area (Å²) < 4.78 is 0. The van der Waals surface area contributed by atoms with Crippen LogP contribution in [-0.4, -0.2) is 29.4 Å². The van der Waals surface area contributed by atoms with Gasteiger partial charge in [0.2, 0.25) is 5.91 Å². The van der Waals surface area contributed by atoms with Crippen LogP contribution in [0.5, 0.6) is 0 Å². The van der Waals surface area contributed by atoms with Gasteiger partial charge < -0.3 is 4.90 Å². The van der Waals surface area contributed by atoms with Crippen molar-refractivity contribution in [3.05, 3.63) is 63.9 Å². The van der Waals surface area contributed by atoms with Crippen molar-refractivity contribution in [1.82, 2.24) is 9.88 Å². The number of carbonyl (C=O) groups is 1. The van der Waals surface area contributed by atoms with Crippen LogP contribution in [0.3, 0.4) is 0 Å². The van der Waals surface area contributed by atoms with Gasteiger partial charge in [0.05, 0.1) is 6.42 Å². The van der Waals surface area contributed by atoms with Gasteiger partial charge in [-0.05, 0) is 47.9 Å². The van der Waals surface area contributed by atoms with Crippen molar-refractivity contribution in [2.24, 2.45) is 0 Å². The summed E-state index contributed by atoms with van der Waals surface area (Å²) in [6.45, 7) is 0.654. The van der Waals surface area contributed by atoms with Crippen LogP contribution in [0.15, 0.2) is 42.7 Å². The van der Waals surface area contributed by atoms with E-state index in [-0.39, 0.29) is 12.3 Å². The molecular formula is C16H16Cl2N2O. The van der Waals surface area contributed by atoms with Crippen LogP contribution in [0.1, 0.15) is 11.1 Å². The molecule has 1 aromatic heterocycles. The molecule has 0 aliphatic rings. The van der Waals surface area contributed by atoms with Crippen LogP contribution in [0, 0.1) is 0 Å². The van der Waals surface area contributed by atoms with Gasteiger partial charge in [-0.2, -0.15) is 0 Å². The number of amides is 1. The molecule has 0 saturated heterocycles. The van der Waals surface area contributed by atoms with Crippen LogP contribution in [0.25, 0.3) is 0 Å². The lowest BCUT2D eigenvalue weighted by atomic mass is 10.1. The molecule has 2 rings (SSSR count). The number of halogens is 2. The zero-order chi connectivity index (χ0) is 15.2. The molecule has 0 unspecified atom stereocenters. The zero-order valence-corrected chi connectivity index (χ0v) is 13.2. The van der Waals surface area contributed by atoms with E-state index in [0.717, 1.165) is 17.5 Å². The number of rotatable bonds is 5. The number of hydrogen-bond acceptors (Lipinski definition) is 2. The minimum atomic E-state index is 0.0215. The molecule has 5 heteroatoms. The molecule has 2 aromatic rings. The molecule has 1 aromatic carbocycles. The van der Waals surface area contributed by atoms with Gasteiger partial charge in [-0.3, -0.25) is 9.78 Å². The summed E-state index contributed by atoms with van der Waals surface area (Å²) in [5.41, 5.74) is 1.91. The second-order valence-electron chi connectivity index (χ2n) is 4.83. The van der Waals surface area contributed by atoms with Crippen LogP contribution in [-0.2, 0) is 17.6 Å². The molecule has 1 heterocycles. The Balaban J connectivity index is 1.92. The lowest BCUT2D eigenvalue weighted by Gasteiger charge is -2.17. The fourth-order valence-electron chi connectivity index (χ4n) is 1.95. The fourth-order valence-corrected chi connectivity index (χ4v) is 2.33. The van der Waals surface area contributed by atoms with E-state index in [1.54, 1.807) is 42.5 Å². The summed E-state index contributed by atoms with van der Waals surface area (Å²) in [4.78, 5) is 17.9. The summed E-state index contributed by atoms with van der Waals surface area (Å²) in [5, 5.41) is 1.15. The quantitative estimate of drug-likeness (QED) is 0.842. The molecule has 0 aliphatic heterocycles. The van der Waals surface area contributed by atoms with E-state index in [2.05, 4.69) is 4.98 Å². The second-order valence-corrected chi connectivity index (χ2v) is 5.68. The molecule has 3 nitrogen and oxygen atoms in total. The number of benzene rings is 1. The standard InChI is InChI=1S/C16H16Cl2N2O/c1-20(9-6-12-4-7-19-8-5-12)16(21)11-13-10-14(17)2-3-15(13)18/h2-5,7-8,10H,6,9,11H2,1H3. The highest BCUT2D eigenvalue weighted by atomic mass is 35.5. The van der Waals surface area contributed by atoms with Crippen molar-refractivity contribution >= 4 is 29.1 Å². The first-order chi connectivity index (χ1) is 10.1. The normalized spacial score (nSPS) is 10.4. The van der Waals surface area contributed by atoms with Crippen molar-refractivity contribution in [3.63, 3.8) is 0 Å². The Morgan fingerprint density at radius 1 is 1.19 bits per heavy atom. The van der Waals surface area contributed by atoms with E-state index in [0.29, 0.717) is 16.6 Å². The van der Waals surface area contributed by atoms with Crippen LogP contribution in [0.2, 0.25) is 10.0 Å². The summed E-state index contributed by atoms with van der Waals surface area (Å²) in [7, 11) is 1.79. The summed E-state index contributed by atoms with van der Waals surface area (Å²) in [6.07, 6.45) is 4.56. The van der Waals surface area contributed by atoms with E-state index in [9.17, 15) is 4.79 Å². The Hall–Kier alpha value is -1.58. The number of carbonyl (C=O) groups excluding carboxylic acids is 1. The monoisotopic (exact) mass is 322 g/mol. The van der Waals surface area contributed by atoms with Gasteiger partial charge >= 0.3 is 0 Å². The zero-order valence-electron chi connectivity index (χ0n) is 11.7. The van der Waals surface area contributed by atoms with Gasteiger partial charge in [-0.25, -0.2) is 0 Å². The van der Waals surface area contributed by atoms with Gasteiger partial charge in [0.25, 0.3) is 0 Å². The lowest BCUT2D eigenvalue weighted by molar-refractivity contribution is -0.129. The van der Waals surface area contributed by atoms with Gasteiger partial charge in [0, 0.05) is 36.0 Å². The average molecular weight is 323 g/mol. The predicted molar refractivity (Wildman–Crippen MR) is 85.7 cm³/mol. The third kappa shape index (κ3) is 4.73. The van der Waals surface area contributed by atoms with Gasteiger partial charge in [0.1, 0.15) is 0 Å². The van der Waals surface area contributed by atoms with E-state index < -0.39 is 0 Å². The molecule has 0 bridgehead atoms. The van der Waals surface area contributed by atoms with E-state index in [1.165, 1.54) is 0 Å². The fraction of sp³-hybridized carbons (Fsp3) is 0.250. The Bertz CT molecular complexity index is 617. The van der Waals surface area contributed by atoms with Crippen LogP contribution >= 0.6 is 23.2 Å². The first-order valence-corrected chi connectivity index (χ1v) is 7.38. The SMILES string of the molecule is CN(CCc1ccncc1)C(=O)Cc1cc(Cl)ccc1Cl. The molecular weight excluding hydrogens is 307 g/mol. The Kier molecular flexibility index (Phi) is 5.59. The van der Waals surface area contributed by atoms with Gasteiger partial charge in [-0.15, -0.1) is 0 Å². The van der Waals surface area contributed by atoms with Gasteiger partial charge in [-0.1, -0.05) is 23.2 Å². The summed E-state index contributed by atoms with van der Waals surface area (Å²) >= 11 is 12.0. The molecule has 0 spiro atoms. The smallest absolute Gasteiger partial charge is 0.226 e. The van der Waals surface area contributed by atoms with Crippen LogP contribution < -0.4 is 0 Å². The van der Waals surface area contributed by atoms with Crippen molar-refractivity contribution in [2.45, 2.75) is 12.8 Å². The molecule has 0 fully saturated rings. The maximum atomic E-state index is 12.2. The molecule has 21 heavy (non-hydrogen) atoms. The number of likely N-dealkylation sites (N-methyl/N-ethyl adjacent to an activating group) is 1. The van der Waals surface area contributed by atoms with Crippen molar-refractivity contribution in [2.75, 3.05) is 13.6 Å². The Morgan fingerprint density at radius 3 is 2.62 bits per heavy atom. The minimum Gasteiger partial charge on any atom is -0.345 e. The Labute approximate surface area is 134 Å². The highest BCUT2D eigenvalue weighted by molar-refractivity contribution is 6.33. The number of hydrogen-bond donors (Lipinski definition) is 0. The first kappa shape index (κ1) is 15.8. The molecule has 0 saturated carbocycles. The third-order valence-corrected chi connectivity index (χ3v) is 3.86. The predicted octanol–water partition coefficient (Wildman–Crippen LogP) is 3.63. The molecule has 0 radical (unpaired) electrons. The minimum absolute atomic E-state index is 0.0215. The average Bonchev–Trinajstić information content (AvgIpc) is 2.49. The maximum absolute atomic E-state index is 12.2. The van der Waals surface area contributed by atoms with Crippen molar-refractivity contribution in [3.8, 4) is 0 Å². The van der Waals surface area contributed by atoms with E-state index in [1.807, 2.05) is 12.1 Å². The highest BCUT2D eigenvalue weighted by Gasteiger charge is 2.12. The number of pyridine rings is 1. The number of aromatic nitrogens is 1. The van der Waals surface area contributed by atoms with E-state index >= 15 is 0 Å². The van der Waals surface area contributed by atoms with Crippen molar-refractivity contribution < 1.29 is 4.79 Å². The van der Waals surface area contributed by atoms with E-state index in [4.69, 9.17) is 23.2 Å². The molecule has 0 atom stereocenters. The molecule has 0 aliphatic carbocycles. The lowest BCUT2D eigenvalue weighted by Crippen LogP contribution is -2.30. The number of nitrogens with zero attached hydrogens (tertiary/aromatic N) is 2.